The number of imide groups is 2. The smallest absolute Gasteiger partial charge is 0.343 e. The number of rotatable bonds is 7. The monoisotopic (exact) mass is 552 g/mol. The molecule has 0 radical (unpaired) electrons. The van der Waals surface area contributed by atoms with Crippen LogP contribution in [0.5, 0.6) is 5.75 Å². The molecule has 0 saturated carbocycles. The van der Waals surface area contributed by atoms with Gasteiger partial charge in [0.25, 0.3) is 11.8 Å². The second kappa shape index (κ2) is 11.3. The van der Waals surface area contributed by atoms with Gasteiger partial charge in [0.05, 0.1) is 16.9 Å². The number of nitrogens with zero attached hydrogens (tertiary/aromatic N) is 2. The molecule has 5 rings (SSSR count). The van der Waals surface area contributed by atoms with Crippen LogP contribution in [-0.4, -0.2) is 28.9 Å². The van der Waals surface area contributed by atoms with Crippen LogP contribution in [0.25, 0.3) is 6.08 Å². The Hall–Kier alpha value is -5.21. The molecule has 0 aliphatic carbocycles. The molecule has 1 aliphatic heterocycles. The lowest BCUT2D eigenvalue weighted by Gasteiger charge is -2.34. The first-order chi connectivity index (χ1) is 19.3. The zero-order chi connectivity index (χ0) is 28.2. The number of benzene rings is 4. The number of urea groups is 1. The Morgan fingerprint density at radius 1 is 0.775 bits per heavy atom. The maximum atomic E-state index is 13.7. The molecule has 0 aromatic heterocycles. The first kappa shape index (κ1) is 26.4. The van der Waals surface area contributed by atoms with Crippen LogP contribution in [0.3, 0.4) is 0 Å². The van der Waals surface area contributed by atoms with E-state index in [0.717, 1.165) is 9.80 Å². The summed E-state index contributed by atoms with van der Waals surface area (Å²) < 4.78 is 5.97. The molecule has 0 spiro atoms. The largest absolute Gasteiger partial charge is 0.488 e. The van der Waals surface area contributed by atoms with Crippen molar-refractivity contribution in [2.45, 2.75) is 6.61 Å². The maximum Gasteiger partial charge on any atom is 0.343 e. The van der Waals surface area contributed by atoms with Crippen molar-refractivity contribution in [3.05, 3.63) is 130 Å². The Balaban J connectivity index is 1.54. The molecule has 1 aliphatic rings. The van der Waals surface area contributed by atoms with Crippen LogP contribution in [-0.2, 0) is 16.2 Å². The highest BCUT2D eigenvalue weighted by Gasteiger charge is 2.43. The van der Waals surface area contributed by atoms with Crippen molar-refractivity contribution >= 4 is 52.9 Å². The minimum absolute atomic E-state index is 0.0877. The number of aromatic carboxylic acids is 1. The van der Waals surface area contributed by atoms with Crippen LogP contribution >= 0.6 is 11.6 Å². The van der Waals surface area contributed by atoms with Gasteiger partial charge in [-0.2, -0.15) is 0 Å². The molecule has 9 heteroatoms. The fourth-order valence-corrected chi connectivity index (χ4v) is 4.34. The van der Waals surface area contributed by atoms with E-state index in [0.29, 0.717) is 33.3 Å². The number of hydrogen-bond acceptors (Lipinski definition) is 5. The molecule has 1 fully saturated rings. The lowest BCUT2D eigenvalue weighted by atomic mass is 10.0. The molecule has 0 atom stereocenters. The number of carboxylic acids is 1. The summed E-state index contributed by atoms with van der Waals surface area (Å²) in [4.78, 5) is 53.8. The average Bonchev–Trinajstić information content (AvgIpc) is 2.96. The molecule has 1 saturated heterocycles. The number of carbonyl (C=O) groups excluding carboxylic acids is 3. The maximum absolute atomic E-state index is 13.7. The predicted molar refractivity (Wildman–Crippen MR) is 150 cm³/mol. The summed E-state index contributed by atoms with van der Waals surface area (Å²) in [6.07, 6.45) is 1.36. The molecule has 198 valence electrons. The lowest BCUT2D eigenvalue weighted by Crippen LogP contribution is -2.57. The number of halogens is 1. The third kappa shape index (κ3) is 5.34. The van der Waals surface area contributed by atoms with Crippen LogP contribution in [0.1, 0.15) is 21.5 Å². The van der Waals surface area contributed by atoms with E-state index in [-0.39, 0.29) is 17.7 Å². The van der Waals surface area contributed by atoms with Crippen LogP contribution < -0.4 is 14.5 Å². The first-order valence-corrected chi connectivity index (χ1v) is 12.5. The van der Waals surface area contributed by atoms with E-state index in [9.17, 15) is 19.2 Å². The van der Waals surface area contributed by atoms with Gasteiger partial charge in [-0.1, -0.05) is 60.1 Å². The van der Waals surface area contributed by atoms with E-state index in [2.05, 4.69) is 0 Å². The molecular weight excluding hydrogens is 532 g/mol. The van der Waals surface area contributed by atoms with E-state index in [1.807, 2.05) is 0 Å². The Labute approximate surface area is 234 Å². The normalized spacial score (nSPS) is 13.4. The Morgan fingerprint density at radius 2 is 1.32 bits per heavy atom. The van der Waals surface area contributed by atoms with Gasteiger partial charge in [-0.25, -0.2) is 19.4 Å². The molecule has 1 N–H and O–H groups in total. The van der Waals surface area contributed by atoms with E-state index in [1.54, 1.807) is 91.0 Å². The fraction of sp³-hybridized carbons (Fsp3) is 0.0323. The number of anilines is 2. The third-order valence-electron chi connectivity index (χ3n) is 6.15. The second-order valence-corrected chi connectivity index (χ2v) is 9.20. The van der Waals surface area contributed by atoms with Crippen LogP contribution in [0.2, 0.25) is 5.02 Å². The number of carbonyl (C=O) groups is 4. The zero-order valence-electron chi connectivity index (χ0n) is 20.9. The summed E-state index contributed by atoms with van der Waals surface area (Å²) in [7, 11) is 0. The molecule has 4 aromatic rings. The van der Waals surface area contributed by atoms with E-state index in [1.165, 1.54) is 18.2 Å². The second-order valence-electron chi connectivity index (χ2n) is 8.77. The molecule has 4 amide bonds. The molecule has 40 heavy (non-hydrogen) atoms. The van der Waals surface area contributed by atoms with Gasteiger partial charge in [-0.3, -0.25) is 9.59 Å². The van der Waals surface area contributed by atoms with Gasteiger partial charge in [0.2, 0.25) is 0 Å². The van der Waals surface area contributed by atoms with Crippen LogP contribution in [0, 0.1) is 0 Å². The van der Waals surface area contributed by atoms with Crippen LogP contribution in [0.15, 0.2) is 109 Å². The van der Waals surface area contributed by atoms with Crippen molar-refractivity contribution < 1.29 is 29.0 Å². The molecule has 0 bridgehead atoms. The van der Waals surface area contributed by atoms with Gasteiger partial charge < -0.3 is 9.84 Å². The summed E-state index contributed by atoms with van der Waals surface area (Å²) in [5, 5.41) is 9.45. The Kier molecular flexibility index (Phi) is 7.43. The molecular formula is C31H21ClN2O6. The van der Waals surface area contributed by atoms with Gasteiger partial charge in [0, 0.05) is 10.6 Å². The number of ether oxygens (including phenoxy) is 1. The van der Waals surface area contributed by atoms with E-state index < -0.39 is 23.8 Å². The van der Waals surface area contributed by atoms with E-state index in [4.69, 9.17) is 21.4 Å². The lowest BCUT2D eigenvalue weighted by molar-refractivity contribution is -0.121. The van der Waals surface area contributed by atoms with Gasteiger partial charge in [-0.15, -0.1) is 0 Å². The topological polar surface area (TPSA) is 104 Å². The predicted octanol–water partition coefficient (Wildman–Crippen LogP) is 6.20. The van der Waals surface area contributed by atoms with Gasteiger partial charge in [-0.05, 0) is 66.2 Å². The average molecular weight is 553 g/mol. The first-order valence-electron chi connectivity index (χ1n) is 12.1. The number of hydrogen-bond donors (Lipinski definition) is 1. The van der Waals surface area contributed by atoms with Crippen LogP contribution in [0.4, 0.5) is 16.2 Å². The summed E-state index contributed by atoms with van der Waals surface area (Å²) in [6.45, 7) is 0.0877. The highest BCUT2D eigenvalue weighted by atomic mass is 35.5. The Morgan fingerprint density at radius 3 is 1.85 bits per heavy atom. The zero-order valence-corrected chi connectivity index (χ0v) is 21.6. The highest BCUT2D eigenvalue weighted by molar-refractivity contribution is 6.46. The SMILES string of the molecule is O=C(O)c1ccc(COc2ccc(Cl)cc2C=C2C(=O)N(c3ccccc3)C(=O)N(c3ccccc3)C2=O)cc1. The minimum Gasteiger partial charge on any atom is -0.488 e. The molecule has 1 heterocycles. The van der Waals surface area contributed by atoms with Crippen molar-refractivity contribution in [3.63, 3.8) is 0 Å². The van der Waals surface area contributed by atoms with Gasteiger partial charge in [0.15, 0.2) is 0 Å². The van der Waals surface area contributed by atoms with Crippen molar-refractivity contribution in [2.24, 2.45) is 0 Å². The number of para-hydroxylation sites is 2. The quantitative estimate of drug-likeness (QED) is 0.216. The third-order valence-corrected chi connectivity index (χ3v) is 6.38. The van der Waals surface area contributed by atoms with Crippen molar-refractivity contribution in [1.29, 1.82) is 0 Å². The minimum atomic E-state index is -1.03. The standard InChI is InChI=1S/C31H21ClN2O6/c32-23-15-16-27(40-19-20-11-13-21(14-12-20)30(37)38)22(17-23)18-26-28(35)33(24-7-3-1-4-8-24)31(39)34(29(26)36)25-9-5-2-6-10-25/h1-18H,19H2,(H,37,38). The summed E-state index contributed by atoms with van der Waals surface area (Å²) in [5.41, 5.74) is 1.57. The molecule has 0 unspecified atom stereocenters. The Bertz CT molecular complexity index is 1570. The molecule has 8 nitrogen and oxygen atoms in total. The number of barbiturate groups is 1. The summed E-state index contributed by atoms with van der Waals surface area (Å²) in [5.74, 6) is -2.28. The van der Waals surface area contributed by atoms with Crippen molar-refractivity contribution in [3.8, 4) is 5.75 Å². The molecule has 4 aromatic carbocycles. The number of amides is 4. The highest BCUT2D eigenvalue weighted by Crippen LogP contribution is 2.32. The van der Waals surface area contributed by atoms with E-state index >= 15 is 0 Å². The fourth-order valence-electron chi connectivity index (χ4n) is 4.16. The number of carboxylic acid groups (broad SMARTS) is 1. The van der Waals surface area contributed by atoms with Crippen molar-refractivity contribution in [2.75, 3.05) is 9.80 Å². The van der Waals surface area contributed by atoms with Crippen molar-refractivity contribution in [1.82, 2.24) is 0 Å². The van der Waals surface area contributed by atoms with Gasteiger partial charge in [0.1, 0.15) is 17.9 Å². The summed E-state index contributed by atoms with van der Waals surface area (Å²) >= 11 is 6.26. The summed E-state index contributed by atoms with van der Waals surface area (Å²) in [6, 6.07) is 26.9. The van der Waals surface area contributed by atoms with Gasteiger partial charge >= 0.3 is 12.0 Å².